The predicted molar refractivity (Wildman–Crippen MR) is 113 cm³/mol. The number of H-pyrrole nitrogens is 1. The number of ketones is 1. The lowest BCUT2D eigenvalue weighted by Gasteiger charge is -2.11. The van der Waals surface area contributed by atoms with Crippen LogP contribution in [0.1, 0.15) is 21.5 Å². The molecule has 0 aliphatic heterocycles. The first-order valence-corrected chi connectivity index (χ1v) is 10.6. The van der Waals surface area contributed by atoms with Crippen molar-refractivity contribution in [1.82, 2.24) is 15.0 Å². The van der Waals surface area contributed by atoms with Crippen molar-refractivity contribution in [3.63, 3.8) is 0 Å². The highest BCUT2D eigenvalue weighted by Crippen LogP contribution is 2.27. The number of sulfonamides is 1. The molecule has 4 aromatic rings. The van der Waals surface area contributed by atoms with Gasteiger partial charge in [0.15, 0.2) is 11.6 Å². The smallest absolute Gasteiger partial charge is 0.237 e. The number of fused-ring (bicyclic) bond motifs is 1. The summed E-state index contributed by atoms with van der Waals surface area (Å²) in [6, 6.07) is 8.46. The number of carbonyl (C=O) groups excluding carboxylic acids is 1. The lowest BCUT2D eigenvalue weighted by molar-refractivity contribution is 0.103. The van der Waals surface area contributed by atoms with E-state index in [4.69, 9.17) is 6.57 Å². The van der Waals surface area contributed by atoms with Crippen molar-refractivity contribution in [1.29, 1.82) is 0 Å². The fraction of sp³-hybridized carbons (Fsp3) is 0.0476. The minimum atomic E-state index is -3.93. The molecule has 154 valence electrons. The molecule has 8 nitrogen and oxygen atoms in total. The lowest BCUT2D eigenvalue weighted by Crippen LogP contribution is -2.17. The number of hydrogen-bond acceptors (Lipinski definition) is 5. The van der Waals surface area contributed by atoms with Gasteiger partial charge in [-0.05, 0) is 35.9 Å². The summed E-state index contributed by atoms with van der Waals surface area (Å²) in [4.78, 5) is 27.0. The van der Waals surface area contributed by atoms with Gasteiger partial charge in [-0.3, -0.25) is 19.5 Å². The fourth-order valence-corrected chi connectivity index (χ4v) is 4.27. The molecule has 4 rings (SSSR count). The van der Waals surface area contributed by atoms with E-state index < -0.39 is 21.6 Å². The number of rotatable bonds is 6. The molecule has 0 spiro atoms. The Balaban J connectivity index is 1.66. The van der Waals surface area contributed by atoms with E-state index in [2.05, 4.69) is 24.5 Å². The van der Waals surface area contributed by atoms with Crippen molar-refractivity contribution >= 4 is 38.2 Å². The molecule has 3 heterocycles. The summed E-state index contributed by atoms with van der Waals surface area (Å²) in [6.07, 6.45) is 5.66. The molecule has 0 aliphatic rings. The van der Waals surface area contributed by atoms with Gasteiger partial charge < -0.3 is 4.98 Å². The predicted octanol–water partition coefficient (Wildman–Crippen LogP) is 3.82. The zero-order chi connectivity index (χ0) is 22.0. The van der Waals surface area contributed by atoms with E-state index in [0.29, 0.717) is 16.6 Å². The van der Waals surface area contributed by atoms with Crippen LogP contribution in [0, 0.1) is 12.4 Å². The van der Waals surface area contributed by atoms with Gasteiger partial charge in [0.05, 0.1) is 23.6 Å². The van der Waals surface area contributed by atoms with E-state index in [9.17, 15) is 13.2 Å². The number of benzene rings is 1. The van der Waals surface area contributed by atoms with E-state index >= 15 is 4.39 Å². The lowest BCUT2D eigenvalue weighted by atomic mass is 10.0. The second-order valence-corrected chi connectivity index (χ2v) is 8.34. The zero-order valence-corrected chi connectivity index (χ0v) is 16.6. The molecular formula is C21H14FN5O3S. The van der Waals surface area contributed by atoms with Crippen LogP contribution in [0.3, 0.4) is 0 Å². The number of hydrogen-bond donors (Lipinski definition) is 2. The molecule has 0 fully saturated rings. The molecule has 0 unspecified atom stereocenters. The highest BCUT2D eigenvalue weighted by molar-refractivity contribution is 7.91. The average molecular weight is 435 g/mol. The number of aromatic amines is 1. The molecule has 31 heavy (non-hydrogen) atoms. The summed E-state index contributed by atoms with van der Waals surface area (Å²) in [5.41, 5.74) is 0.586. The summed E-state index contributed by atoms with van der Waals surface area (Å²) in [6.45, 7) is 7.10. The highest BCUT2D eigenvalue weighted by Gasteiger charge is 2.22. The monoisotopic (exact) mass is 435 g/mol. The second-order valence-electron chi connectivity index (χ2n) is 6.62. The quantitative estimate of drug-likeness (QED) is 0.353. The van der Waals surface area contributed by atoms with Crippen LogP contribution in [0.25, 0.3) is 15.9 Å². The number of carbonyl (C=O) groups is 1. The molecule has 0 aliphatic carbocycles. The molecule has 0 radical (unpaired) electrons. The normalized spacial score (nSPS) is 11.2. The Morgan fingerprint density at radius 3 is 2.71 bits per heavy atom. The first kappa shape index (κ1) is 20.2. The number of pyridine rings is 2. The molecule has 1 aromatic carbocycles. The molecule has 0 bridgehead atoms. The molecule has 0 amide bonds. The van der Waals surface area contributed by atoms with Gasteiger partial charge in [0, 0.05) is 35.7 Å². The van der Waals surface area contributed by atoms with Crippen LogP contribution in [-0.2, 0) is 15.8 Å². The van der Waals surface area contributed by atoms with Crippen molar-refractivity contribution in [2.45, 2.75) is 5.75 Å². The summed E-state index contributed by atoms with van der Waals surface area (Å²) in [5, 5.41) is 0.376. The maximum absolute atomic E-state index is 15.1. The number of anilines is 1. The van der Waals surface area contributed by atoms with Crippen molar-refractivity contribution in [3.8, 4) is 0 Å². The molecule has 0 saturated heterocycles. The van der Waals surface area contributed by atoms with Crippen LogP contribution in [-0.4, -0.2) is 29.2 Å². The number of aromatic nitrogens is 3. The van der Waals surface area contributed by atoms with Crippen LogP contribution in [0.5, 0.6) is 0 Å². The molecular weight excluding hydrogens is 421 g/mol. The van der Waals surface area contributed by atoms with Gasteiger partial charge in [0.25, 0.3) is 0 Å². The van der Waals surface area contributed by atoms with Crippen LogP contribution in [0.15, 0.2) is 61.2 Å². The van der Waals surface area contributed by atoms with Crippen LogP contribution < -0.4 is 4.72 Å². The Labute approximate surface area is 176 Å². The van der Waals surface area contributed by atoms with E-state index in [1.165, 1.54) is 61.2 Å². The Hall–Kier alpha value is -4.10. The van der Waals surface area contributed by atoms with Crippen molar-refractivity contribution in [2.75, 3.05) is 4.72 Å². The van der Waals surface area contributed by atoms with Crippen molar-refractivity contribution < 1.29 is 17.6 Å². The third-order valence-electron chi connectivity index (χ3n) is 4.51. The first-order chi connectivity index (χ1) is 14.9. The standard InChI is InChI=1S/C21H14FN5O3S/c1-23-14-9-16-17(11-26-21(16)25-10-14)20(28)15-3-2-4-18(19(15)22)27-31(29,30)12-13-5-7-24-8-6-13/h2-11,27H,12H2,(H,25,26). The van der Waals surface area contributed by atoms with Crippen LogP contribution in [0.2, 0.25) is 0 Å². The largest absolute Gasteiger partial charge is 0.345 e. The SMILES string of the molecule is [C-]#[N+]c1cnc2[nH]cc(C(=O)c3cccc(NS(=O)(=O)Cc4ccncc4)c3F)c2c1. The number of nitrogens with one attached hydrogen (secondary N) is 2. The third kappa shape index (κ3) is 4.12. The van der Waals surface area contributed by atoms with E-state index in [-0.39, 0.29) is 28.3 Å². The summed E-state index contributed by atoms with van der Waals surface area (Å²) >= 11 is 0. The van der Waals surface area contributed by atoms with Gasteiger partial charge in [-0.15, -0.1) is 0 Å². The molecule has 2 N–H and O–H groups in total. The Morgan fingerprint density at radius 2 is 1.97 bits per heavy atom. The Bertz CT molecular complexity index is 1440. The molecule has 0 atom stereocenters. The first-order valence-electron chi connectivity index (χ1n) is 8.95. The van der Waals surface area contributed by atoms with Gasteiger partial charge in [0.1, 0.15) is 5.65 Å². The zero-order valence-electron chi connectivity index (χ0n) is 15.8. The number of halogens is 1. The maximum Gasteiger partial charge on any atom is 0.237 e. The Kier molecular flexibility index (Phi) is 5.19. The third-order valence-corrected chi connectivity index (χ3v) is 5.75. The molecule has 3 aromatic heterocycles. The van der Waals surface area contributed by atoms with Crippen molar-refractivity contribution in [2.24, 2.45) is 0 Å². The van der Waals surface area contributed by atoms with Crippen LogP contribution in [0.4, 0.5) is 15.8 Å². The highest BCUT2D eigenvalue weighted by atomic mass is 32.2. The van der Waals surface area contributed by atoms with Gasteiger partial charge in [-0.1, -0.05) is 6.07 Å². The minimum Gasteiger partial charge on any atom is -0.345 e. The summed E-state index contributed by atoms with van der Waals surface area (Å²) in [5.74, 6) is -2.03. The average Bonchev–Trinajstić information content (AvgIpc) is 3.18. The fourth-order valence-electron chi connectivity index (χ4n) is 3.07. The molecule has 10 heteroatoms. The van der Waals surface area contributed by atoms with E-state index in [1.54, 1.807) is 0 Å². The number of nitrogens with zero attached hydrogens (tertiary/aromatic N) is 3. The van der Waals surface area contributed by atoms with Gasteiger partial charge in [-0.2, -0.15) is 0 Å². The van der Waals surface area contributed by atoms with Gasteiger partial charge in [0.2, 0.25) is 15.7 Å². The Morgan fingerprint density at radius 1 is 1.19 bits per heavy atom. The second kappa shape index (κ2) is 7.97. The van der Waals surface area contributed by atoms with E-state index in [1.807, 2.05) is 0 Å². The summed E-state index contributed by atoms with van der Waals surface area (Å²) < 4.78 is 42.2. The van der Waals surface area contributed by atoms with Gasteiger partial charge in [-0.25, -0.2) is 17.7 Å². The maximum atomic E-state index is 15.1. The van der Waals surface area contributed by atoms with Crippen molar-refractivity contribution in [3.05, 3.63) is 95.1 Å². The summed E-state index contributed by atoms with van der Waals surface area (Å²) in [7, 11) is -3.93. The van der Waals surface area contributed by atoms with Gasteiger partial charge >= 0.3 is 0 Å². The van der Waals surface area contributed by atoms with E-state index in [0.717, 1.165) is 0 Å². The minimum absolute atomic E-state index is 0.128. The molecule has 0 saturated carbocycles. The van der Waals surface area contributed by atoms with Crippen LogP contribution >= 0.6 is 0 Å². The topological polar surface area (TPSA) is 109 Å².